The maximum Gasteiger partial charge on any atom is 0.343 e. The van der Waals surface area contributed by atoms with Crippen molar-refractivity contribution < 1.29 is 24.1 Å². The van der Waals surface area contributed by atoms with Crippen LogP contribution in [0.3, 0.4) is 0 Å². The molecule has 0 amide bonds. The lowest BCUT2D eigenvalue weighted by Gasteiger charge is -2.15. The van der Waals surface area contributed by atoms with Gasteiger partial charge in [0.2, 0.25) is 0 Å². The Kier molecular flexibility index (Phi) is 13.9. The molecule has 1 N–H and O–H groups in total. The fourth-order valence-electron chi connectivity index (χ4n) is 4.59. The van der Waals surface area contributed by atoms with Gasteiger partial charge in [0.15, 0.2) is 0 Å². The summed E-state index contributed by atoms with van der Waals surface area (Å²) in [4.78, 5) is 17.1. The number of ether oxygens (including phenoxy) is 3. The molecule has 6 nitrogen and oxygen atoms in total. The summed E-state index contributed by atoms with van der Waals surface area (Å²) in [5.41, 5.74) is 1.66. The molecule has 42 heavy (non-hydrogen) atoms. The normalized spacial score (nSPS) is 12.7. The van der Waals surface area contributed by atoms with Crippen LogP contribution < -0.4 is 14.2 Å². The van der Waals surface area contributed by atoms with E-state index in [-0.39, 0.29) is 23.7 Å². The van der Waals surface area contributed by atoms with Crippen molar-refractivity contribution in [2.45, 2.75) is 104 Å². The minimum atomic E-state index is -0.507. The second kappa shape index (κ2) is 17.9. The van der Waals surface area contributed by atoms with Crippen molar-refractivity contribution in [1.29, 1.82) is 0 Å². The Morgan fingerprint density at radius 1 is 0.738 bits per heavy atom. The molecule has 0 saturated carbocycles. The fourth-order valence-corrected chi connectivity index (χ4v) is 4.59. The van der Waals surface area contributed by atoms with Gasteiger partial charge in [-0.3, -0.25) is 4.99 Å². The van der Waals surface area contributed by atoms with E-state index in [4.69, 9.17) is 14.2 Å². The van der Waals surface area contributed by atoms with Gasteiger partial charge in [-0.25, -0.2) is 4.79 Å². The van der Waals surface area contributed by atoms with Crippen LogP contribution in [0.25, 0.3) is 0 Å². The fraction of sp³-hybridized carbons (Fsp3) is 0.444. The maximum absolute atomic E-state index is 12.6. The van der Waals surface area contributed by atoms with Crippen LogP contribution in [0.5, 0.6) is 23.0 Å². The highest BCUT2D eigenvalue weighted by molar-refractivity contribution is 5.91. The third-order valence-electron chi connectivity index (χ3n) is 7.09. The molecule has 0 saturated heterocycles. The van der Waals surface area contributed by atoms with Crippen LogP contribution in [-0.4, -0.2) is 29.5 Å². The Hall–Kier alpha value is -3.80. The lowest BCUT2D eigenvalue weighted by Crippen LogP contribution is -2.12. The number of nitrogens with zero attached hydrogens (tertiary/aromatic N) is 1. The van der Waals surface area contributed by atoms with E-state index < -0.39 is 5.97 Å². The number of esters is 1. The Morgan fingerprint density at radius 3 is 1.79 bits per heavy atom. The lowest BCUT2D eigenvalue weighted by atomic mass is 10.1. The average molecular weight is 574 g/mol. The second-order valence-electron chi connectivity index (χ2n) is 10.9. The minimum absolute atomic E-state index is 0.0300. The van der Waals surface area contributed by atoms with E-state index in [0.717, 1.165) is 36.4 Å². The van der Waals surface area contributed by atoms with E-state index in [0.29, 0.717) is 11.1 Å². The first kappa shape index (κ1) is 32.7. The highest BCUT2D eigenvalue weighted by atomic mass is 16.5. The van der Waals surface area contributed by atoms with Crippen molar-refractivity contribution in [2.24, 2.45) is 4.99 Å². The molecule has 0 spiro atoms. The third-order valence-corrected chi connectivity index (χ3v) is 7.09. The summed E-state index contributed by atoms with van der Waals surface area (Å²) in [6.07, 6.45) is 13.7. The predicted octanol–water partition coefficient (Wildman–Crippen LogP) is 9.84. The molecule has 0 aliphatic rings. The van der Waals surface area contributed by atoms with Crippen LogP contribution in [0.4, 0.5) is 5.69 Å². The van der Waals surface area contributed by atoms with Gasteiger partial charge < -0.3 is 19.3 Å². The largest absolute Gasteiger partial charge is 0.507 e. The topological polar surface area (TPSA) is 77.4 Å². The summed E-state index contributed by atoms with van der Waals surface area (Å²) in [5, 5.41) is 10.5. The van der Waals surface area contributed by atoms with E-state index in [9.17, 15) is 9.90 Å². The van der Waals surface area contributed by atoms with E-state index in [2.05, 4.69) is 32.7 Å². The number of aliphatic imine (C=N–C) groups is 1. The van der Waals surface area contributed by atoms with Gasteiger partial charge in [0.05, 0.1) is 23.5 Å². The summed E-state index contributed by atoms with van der Waals surface area (Å²) < 4.78 is 17.5. The number of aromatic hydroxyl groups is 1. The van der Waals surface area contributed by atoms with Gasteiger partial charge in [-0.15, -0.1) is 0 Å². The smallest absolute Gasteiger partial charge is 0.343 e. The predicted molar refractivity (Wildman–Crippen MR) is 171 cm³/mol. The number of phenols is 1. The van der Waals surface area contributed by atoms with Crippen molar-refractivity contribution in [3.8, 4) is 23.0 Å². The summed E-state index contributed by atoms with van der Waals surface area (Å²) in [7, 11) is 0. The molecule has 0 aliphatic heterocycles. The zero-order chi connectivity index (χ0) is 30.2. The number of rotatable bonds is 18. The maximum atomic E-state index is 12.6. The molecule has 3 rings (SSSR count). The zero-order valence-corrected chi connectivity index (χ0v) is 25.7. The average Bonchev–Trinajstić information content (AvgIpc) is 2.98. The molecule has 0 aliphatic carbocycles. The van der Waals surface area contributed by atoms with Crippen LogP contribution in [0.15, 0.2) is 71.7 Å². The first-order valence-corrected chi connectivity index (χ1v) is 15.5. The number of hydrogen-bond donors (Lipinski definition) is 1. The number of carbonyl (C=O) groups excluding carboxylic acids is 1. The summed E-state index contributed by atoms with van der Waals surface area (Å²) in [6, 6.07) is 19.2. The van der Waals surface area contributed by atoms with E-state index in [1.54, 1.807) is 42.6 Å². The number of unbranched alkanes of at least 4 members (excludes halogenated alkanes) is 6. The molecule has 3 aromatic rings. The van der Waals surface area contributed by atoms with Gasteiger partial charge in [0.25, 0.3) is 0 Å². The molecule has 6 heteroatoms. The third kappa shape index (κ3) is 11.6. The van der Waals surface area contributed by atoms with Gasteiger partial charge >= 0.3 is 5.97 Å². The van der Waals surface area contributed by atoms with Crippen molar-refractivity contribution in [3.63, 3.8) is 0 Å². The van der Waals surface area contributed by atoms with Crippen molar-refractivity contribution >= 4 is 17.9 Å². The van der Waals surface area contributed by atoms with E-state index in [1.165, 1.54) is 51.0 Å². The Labute approximate surface area is 251 Å². The van der Waals surface area contributed by atoms with Gasteiger partial charge in [0.1, 0.15) is 23.0 Å². The van der Waals surface area contributed by atoms with Crippen molar-refractivity contribution in [2.75, 3.05) is 0 Å². The monoisotopic (exact) mass is 573 g/mol. The number of benzene rings is 3. The van der Waals surface area contributed by atoms with Crippen LogP contribution in [0.2, 0.25) is 0 Å². The second-order valence-corrected chi connectivity index (χ2v) is 10.9. The first-order chi connectivity index (χ1) is 20.4. The molecular formula is C36H47NO5. The first-order valence-electron chi connectivity index (χ1n) is 15.5. The van der Waals surface area contributed by atoms with Crippen LogP contribution in [0.1, 0.15) is 108 Å². The molecule has 2 atom stereocenters. The molecular weight excluding hydrogens is 526 g/mol. The van der Waals surface area contributed by atoms with Gasteiger partial charge in [-0.2, -0.15) is 0 Å². The van der Waals surface area contributed by atoms with Crippen molar-refractivity contribution in [3.05, 3.63) is 77.9 Å². The van der Waals surface area contributed by atoms with E-state index >= 15 is 0 Å². The SMILES string of the molecule is CCCCCC[C@H](C)Oc1ccc(N=Cc2ccc(OC(=O)c3ccc(O[C@@H](C)CCCCCC)cc3)cc2O)cc1. The Morgan fingerprint density at radius 2 is 1.26 bits per heavy atom. The highest BCUT2D eigenvalue weighted by Gasteiger charge is 2.12. The Balaban J connectivity index is 1.48. The molecule has 3 aromatic carbocycles. The van der Waals surface area contributed by atoms with Crippen LogP contribution in [-0.2, 0) is 0 Å². The van der Waals surface area contributed by atoms with Gasteiger partial charge in [0, 0.05) is 17.8 Å². The summed E-state index contributed by atoms with van der Waals surface area (Å²) in [6.45, 7) is 8.59. The zero-order valence-electron chi connectivity index (χ0n) is 25.7. The highest BCUT2D eigenvalue weighted by Crippen LogP contribution is 2.26. The quantitative estimate of drug-likeness (QED) is 0.0709. The van der Waals surface area contributed by atoms with E-state index in [1.807, 2.05) is 24.3 Å². The van der Waals surface area contributed by atoms with Crippen LogP contribution in [0, 0.1) is 0 Å². The minimum Gasteiger partial charge on any atom is -0.507 e. The summed E-state index contributed by atoms with van der Waals surface area (Å²) >= 11 is 0. The van der Waals surface area contributed by atoms with Crippen LogP contribution >= 0.6 is 0 Å². The number of hydrogen-bond acceptors (Lipinski definition) is 6. The summed E-state index contributed by atoms with van der Waals surface area (Å²) in [5.74, 6) is 1.26. The van der Waals surface area contributed by atoms with Gasteiger partial charge in [-0.1, -0.05) is 52.4 Å². The standard InChI is InChI=1S/C36H47NO5/c1-5-7-9-11-13-27(3)40-32-20-15-29(16-21-32)36(39)42-34-22-17-30(35(38)25-34)26-37-31-18-23-33(24-19-31)41-28(4)14-12-10-8-6-2/h15-28,38H,5-14H2,1-4H3/t27-,28-/m0/s1. The molecule has 226 valence electrons. The van der Waals surface area contributed by atoms with Gasteiger partial charge in [-0.05, 0) is 100 Å². The number of phenolic OH excluding ortho intramolecular Hbond substituents is 1. The molecule has 0 unspecified atom stereocenters. The molecule has 0 aromatic heterocycles. The molecule has 0 radical (unpaired) electrons. The lowest BCUT2D eigenvalue weighted by molar-refractivity contribution is 0.0734. The number of carbonyl (C=O) groups is 1. The molecule has 0 bridgehead atoms. The molecule has 0 fully saturated rings. The molecule has 0 heterocycles. The van der Waals surface area contributed by atoms with Crippen molar-refractivity contribution in [1.82, 2.24) is 0 Å². The Bertz CT molecular complexity index is 1240.